The van der Waals surface area contributed by atoms with Crippen LogP contribution in [0.25, 0.3) is 0 Å². The van der Waals surface area contributed by atoms with E-state index in [1.807, 2.05) is 0 Å². The Morgan fingerprint density at radius 2 is 1.48 bits per heavy atom. The number of hydrogen-bond donors (Lipinski definition) is 0. The van der Waals surface area contributed by atoms with Crippen molar-refractivity contribution in [2.24, 2.45) is 5.92 Å². The van der Waals surface area contributed by atoms with Crippen molar-refractivity contribution in [2.75, 3.05) is 0 Å². The topological polar surface area (TPSA) is 9.23 Å². The third-order valence-corrected chi connectivity index (χ3v) is 11.2. The molecule has 0 saturated carbocycles. The quantitative estimate of drug-likeness (QED) is 0.666. The van der Waals surface area contributed by atoms with Crippen molar-refractivity contribution >= 4 is 18.7 Å². The lowest BCUT2D eigenvalue weighted by atomic mass is 9.90. The molecular formula is C25H30OSi. The predicted octanol–water partition coefficient (Wildman–Crippen LogP) is 5.23. The average molecular weight is 375 g/mol. The third-order valence-electron chi connectivity index (χ3n) is 6.13. The van der Waals surface area contributed by atoms with Gasteiger partial charge in [-0.1, -0.05) is 99.7 Å². The highest BCUT2D eigenvalue weighted by Gasteiger charge is 2.51. The summed E-state index contributed by atoms with van der Waals surface area (Å²) >= 11 is 0. The molecule has 2 aromatic carbocycles. The molecule has 0 amide bonds. The molecule has 0 radical (unpaired) electrons. The first kappa shape index (κ1) is 18.5. The standard InChI is InChI=1S/C25H30OSi/c1-25(2,3)27(23-13-6-4-7-14-23,24-15-8-5-9-16-24)26-22-18-17-20-11-10-12-21(20)19-22/h4-9,11,13-18,21-22H,10,12,19H2,1-3H3/t21-,22-/m0/s1. The van der Waals surface area contributed by atoms with Crippen molar-refractivity contribution in [2.45, 2.75) is 51.2 Å². The van der Waals surface area contributed by atoms with Gasteiger partial charge in [-0.3, -0.25) is 0 Å². The van der Waals surface area contributed by atoms with Gasteiger partial charge in [0.05, 0.1) is 6.10 Å². The molecule has 0 aliphatic heterocycles. The Kier molecular flexibility index (Phi) is 4.96. The van der Waals surface area contributed by atoms with E-state index < -0.39 is 8.32 Å². The monoisotopic (exact) mass is 374 g/mol. The van der Waals surface area contributed by atoms with Gasteiger partial charge in [0.1, 0.15) is 0 Å². The highest BCUT2D eigenvalue weighted by molar-refractivity contribution is 6.99. The molecule has 2 aromatic rings. The van der Waals surface area contributed by atoms with Gasteiger partial charge in [-0.15, -0.1) is 0 Å². The molecule has 0 fully saturated rings. The maximum atomic E-state index is 7.25. The summed E-state index contributed by atoms with van der Waals surface area (Å²) in [5, 5.41) is 2.77. The first-order valence-electron chi connectivity index (χ1n) is 10.2. The van der Waals surface area contributed by atoms with Crippen LogP contribution in [-0.4, -0.2) is 14.4 Å². The van der Waals surface area contributed by atoms with Crippen LogP contribution in [0, 0.1) is 5.92 Å². The van der Waals surface area contributed by atoms with Crippen LogP contribution in [0.4, 0.5) is 0 Å². The summed E-state index contributed by atoms with van der Waals surface area (Å²) in [6.07, 6.45) is 10.8. The third kappa shape index (κ3) is 3.37. The zero-order chi connectivity index (χ0) is 18.9. The van der Waals surface area contributed by atoms with Crippen LogP contribution in [-0.2, 0) is 4.43 Å². The predicted molar refractivity (Wildman–Crippen MR) is 117 cm³/mol. The Morgan fingerprint density at radius 1 is 0.889 bits per heavy atom. The Hall–Kier alpha value is -1.90. The van der Waals surface area contributed by atoms with E-state index in [2.05, 4.69) is 99.7 Å². The van der Waals surface area contributed by atoms with E-state index in [0.29, 0.717) is 5.92 Å². The molecule has 0 unspecified atom stereocenters. The lowest BCUT2D eigenvalue weighted by molar-refractivity contribution is 0.201. The maximum absolute atomic E-state index is 7.25. The minimum absolute atomic E-state index is 0.0370. The van der Waals surface area contributed by atoms with Crippen molar-refractivity contribution in [3.05, 3.63) is 84.5 Å². The molecule has 2 aliphatic carbocycles. The van der Waals surface area contributed by atoms with Crippen molar-refractivity contribution in [3.63, 3.8) is 0 Å². The second-order valence-corrected chi connectivity index (χ2v) is 13.1. The van der Waals surface area contributed by atoms with E-state index in [-0.39, 0.29) is 11.1 Å². The van der Waals surface area contributed by atoms with Crippen LogP contribution in [0.3, 0.4) is 0 Å². The first-order valence-corrected chi connectivity index (χ1v) is 12.1. The lowest BCUT2D eigenvalue weighted by Crippen LogP contribution is -2.67. The largest absolute Gasteiger partial charge is 0.401 e. The first-order chi connectivity index (χ1) is 13.0. The second kappa shape index (κ2) is 7.25. The van der Waals surface area contributed by atoms with Gasteiger partial charge in [-0.2, -0.15) is 0 Å². The molecule has 0 bridgehead atoms. The molecule has 140 valence electrons. The molecule has 2 heteroatoms. The molecule has 27 heavy (non-hydrogen) atoms. The van der Waals surface area contributed by atoms with E-state index in [1.165, 1.54) is 28.8 Å². The fourth-order valence-electron chi connectivity index (χ4n) is 4.83. The van der Waals surface area contributed by atoms with Crippen molar-refractivity contribution in [1.29, 1.82) is 0 Å². The van der Waals surface area contributed by atoms with Gasteiger partial charge in [-0.05, 0) is 46.2 Å². The van der Waals surface area contributed by atoms with E-state index in [4.69, 9.17) is 4.43 Å². The normalized spacial score (nSPS) is 22.4. The number of hydrogen-bond acceptors (Lipinski definition) is 1. The van der Waals surface area contributed by atoms with Gasteiger partial charge in [0.25, 0.3) is 8.32 Å². The molecule has 4 rings (SSSR count). The molecule has 1 nitrogen and oxygen atoms in total. The SMILES string of the molecule is CC(C)(C)[Si](O[C@H]1C=CC2=CCC[C@H]2C1)(c1ccccc1)c1ccccc1. The van der Waals surface area contributed by atoms with Crippen molar-refractivity contribution in [1.82, 2.24) is 0 Å². The molecule has 2 atom stereocenters. The van der Waals surface area contributed by atoms with Crippen molar-refractivity contribution < 1.29 is 4.43 Å². The summed E-state index contributed by atoms with van der Waals surface area (Å²) in [7, 11) is -2.45. The summed E-state index contributed by atoms with van der Waals surface area (Å²) < 4.78 is 7.25. The summed E-state index contributed by atoms with van der Waals surface area (Å²) in [6, 6.07) is 21.9. The molecular weight excluding hydrogens is 344 g/mol. The molecule has 0 heterocycles. The van der Waals surface area contributed by atoms with Crippen LogP contribution in [0.2, 0.25) is 5.04 Å². The number of benzene rings is 2. The van der Waals surface area contributed by atoms with E-state index in [1.54, 1.807) is 0 Å². The van der Waals surface area contributed by atoms with Crippen LogP contribution in [0.15, 0.2) is 84.5 Å². The van der Waals surface area contributed by atoms with Crippen LogP contribution >= 0.6 is 0 Å². The molecule has 0 aromatic heterocycles. The van der Waals surface area contributed by atoms with Gasteiger partial charge in [0.15, 0.2) is 0 Å². The minimum atomic E-state index is -2.45. The Balaban J connectivity index is 1.81. The Morgan fingerprint density at radius 3 is 2.04 bits per heavy atom. The van der Waals surface area contributed by atoms with Gasteiger partial charge in [-0.25, -0.2) is 0 Å². The summed E-state index contributed by atoms with van der Waals surface area (Å²) in [6.45, 7) is 7.06. The molecule has 0 spiro atoms. The van der Waals surface area contributed by atoms with Gasteiger partial charge in [0.2, 0.25) is 0 Å². The fourth-order valence-corrected chi connectivity index (χ4v) is 9.47. The van der Waals surface area contributed by atoms with Gasteiger partial charge < -0.3 is 4.43 Å². The molecule has 0 N–H and O–H groups in total. The maximum Gasteiger partial charge on any atom is 0.261 e. The van der Waals surface area contributed by atoms with E-state index >= 15 is 0 Å². The second-order valence-electron chi connectivity index (χ2n) is 8.89. The highest BCUT2D eigenvalue weighted by atomic mass is 28.4. The number of rotatable bonds is 4. The smallest absolute Gasteiger partial charge is 0.261 e. The Labute approximate surface area is 164 Å². The summed E-state index contributed by atoms with van der Waals surface area (Å²) in [4.78, 5) is 0. The van der Waals surface area contributed by atoms with Gasteiger partial charge >= 0.3 is 0 Å². The zero-order valence-corrected chi connectivity index (χ0v) is 17.7. The highest BCUT2D eigenvalue weighted by Crippen LogP contribution is 2.41. The van der Waals surface area contributed by atoms with Gasteiger partial charge in [0, 0.05) is 0 Å². The van der Waals surface area contributed by atoms with Crippen molar-refractivity contribution in [3.8, 4) is 0 Å². The summed E-state index contributed by atoms with van der Waals surface area (Å²) in [5.74, 6) is 0.679. The molecule has 0 saturated heterocycles. The van der Waals surface area contributed by atoms with E-state index in [0.717, 1.165) is 6.42 Å². The number of fused-ring (bicyclic) bond motifs is 1. The van der Waals surface area contributed by atoms with E-state index in [9.17, 15) is 0 Å². The summed E-state index contributed by atoms with van der Waals surface area (Å²) in [5.41, 5.74) is 1.53. The minimum Gasteiger partial charge on any atom is -0.401 e. The van der Waals surface area contributed by atoms with Crippen LogP contribution < -0.4 is 10.4 Å². The zero-order valence-electron chi connectivity index (χ0n) is 16.7. The Bertz CT molecular complexity index is 790. The average Bonchev–Trinajstić information content (AvgIpc) is 3.14. The van der Waals surface area contributed by atoms with Crippen LogP contribution in [0.5, 0.6) is 0 Å². The molecule has 2 aliphatic rings. The lowest BCUT2D eigenvalue weighted by Gasteiger charge is -2.45. The fraction of sp³-hybridized carbons (Fsp3) is 0.360. The number of allylic oxidation sites excluding steroid dienone is 3. The van der Waals surface area contributed by atoms with Crippen LogP contribution in [0.1, 0.15) is 40.0 Å².